The molecular formula is C19H24N4O2. The number of carbonyl (C=O) groups excluding carboxylic acids is 1. The zero-order valence-corrected chi connectivity index (χ0v) is 14.9. The normalized spacial score (nSPS) is 20.6. The van der Waals surface area contributed by atoms with Crippen LogP contribution in [0, 0.1) is 12.8 Å². The number of carbonyl (C=O) groups is 1. The maximum Gasteiger partial charge on any atom is 0.255 e. The number of H-pyrrole nitrogens is 1. The van der Waals surface area contributed by atoms with Crippen molar-refractivity contribution in [2.24, 2.45) is 5.92 Å². The highest BCUT2D eigenvalue weighted by molar-refractivity contribution is 5.95. The molecule has 2 atom stereocenters. The summed E-state index contributed by atoms with van der Waals surface area (Å²) < 4.78 is 0. The molecule has 1 amide bonds. The summed E-state index contributed by atoms with van der Waals surface area (Å²) in [4.78, 5) is 35.1. The van der Waals surface area contributed by atoms with Crippen LogP contribution in [0.4, 0.5) is 0 Å². The number of rotatable bonds is 4. The minimum absolute atomic E-state index is 0.0618. The maximum atomic E-state index is 12.8. The molecule has 1 aliphatic heterocycles. The van der Waals surface area contributed by atoms with Gasteiger partial charge in [-0.25, -0.2) is 0 Å². The molecule has 6 nitrogen and oxygen atoms in total. The van der Waals surface area contributed by atoms with Crippen LogP contribution in [0.5, 0.6) is 0 Å². The lowest BCUT2D eigenvalue weighted by Crippen LogP contribution is -2.35. The van der Waals surface area contributed by atoms with Gasteiger partial charge in [-0.2, -0.15) is 0 Å². The van der Waals surface area contributed by atoms with E-state index >= 15 is 0 Å². The molecule has 6 heteroatoms. The first-order valence-electron chi connectivity index (χ1n) is 8.53. The third kappa shape index (κ3) is 3.64. The maximum absolute atomic E-state index is 12.8. The van der Waals surface area contributed by atoms with Gasteiger partial charge in [-0.05, 0) is 50.6 Å². The minimum Gasteiger partial charge on any atom is -0.341 e. The van der Waals surface area contributed by atoms with E-state index in [0.717, 1.165) is 13.0 Å². The van der Waals surface area contributed by atoms with E-state index in [1.54, 1.807) is 24.1 Å². The van der Waals surface area contributed by atoms with E-state index in [2.05, 4.69) is 28.0 Å². The van der Waals surface area contributed by atoms with Crippen LogP contribution in [0.25, 0.3) is 0 Å². The molecule has 3 rings (SSSR count). The van der Waals surface area contributed by atoms with Gasteiger partial charge < -0.3 is 9.88 Å². The molecule has 0 bridgehead atoms. The summed E-state index contributed by atoms with van der Waals surface area (Å²) in [7, 11) is 3.94. The first-order chi connectivity index (χ1) is 12.0. The molecule has 1 saturated heterocycles. The summed E-state index contributed by atoms with van der Waals surface area (Å²) >= 11 is 0. The van der Waals surface area contributed by atoms with Gasteiger partial charge in [0, 0.05) is 43.8 Å². The van der Waals surface area contributed by atoms with Crippen molar-refractivity contribution in [3.05, 3.63) is 63.8 Å². The predicted molar refractivity (Wildman–Crippen MR) is 96.5 cm³/mol. The SMILES string of the molecule is Cc1[nH]c(=O)ccc1C(=O)N(C)C[C@@H]1CCN(C)[C@H]1c1cccnc1. The van der Waals surface area contributed by atoms with Crippen molar-refractivity contribution < 1.29 is 4.79 Å². The Balaban J connectivity index is 1.76. The number of aromatic amines is 1. The van der Waals surface area contributed by atoms with Crippen LogP contribution in [0.3, 0.4) is 0 Å². The zero-order chi connectivity index (χ0) is 18.0. The van der Waals surface area contributed by atoms with Gasteiger partial charge in [0.1, 0.15) is 0 Å². The summed E-state index contributed by atoms with van der Waals surface area (Å²) in [5.41, 5.74) is 2.16. The van der Waals surface area contributed by atoms with Gasteiger partial charge in [0.2, 0.25) is 5.56 Å². The van der Waals surface area contributed by atoms with Crippen molar-refractivity contribution in [2.45, 2.75) is 19.4 Å². The Hall–Kier alpha value is -2.47. The number of likely N-dealkylation sites (tertiary alicyclic amines) is 1. The van der Waals surface area contributed by atoms with Gasteiger partial charge in [0.25, 0.3) is 5.91 Å². The third-order valence-corrected chi connectivity index (χ3v) is 5.00. The van der Waals surface area contributed by atoms with Crippen LogP contribution in [-0.4, -0.2) is 52.9 Å². The minimum atomic E-state index is -0.189. The number of amides is 1. The number of hydrogen-bond acceptors (Lipinski definition) is 4. The van der Waals surface area contributed by atoms with Crippen molar-refractivity contribution in [2.75, 3.05) is 27.2 Å². The van der Waals surface area contributed by atoms with Crippen LogP contribution in [-0.2, 0) is 0 Å². The van der Waals surface area contributed by atoms with Gasteiger partial charge >= 0.3 is 0 Å². The highest BCUT2D eigenvalue weighted by Crippen LogP contribution is 2.36. The number of aromatic nitrogens is 2. The van der Waals surface area contributed by atoms with Gasteiger partial charge in [-0.15, -0.1) is 0 Å². The standard InChI is InChI=1S/C19H24N4O2/c1-13-16(6-7-17(24)21-13)19(25)23(3)12-15-8-10-22(2)18(15)14-5-4-9-20-11-14/h4-7,9,11,15,18H,8,10,12H2,1-3H3,(H,21,24)/t15-,18-/m0/s1. The molecule has 0 radical (unpaired) electrons. The van der Waals surface area contributed by atoms with Crippen molar-refractivity contribution >= 4 is 5.91 Å². The number of hydrogen-bond donors (Lipinski definition) is 1. The summed E-state index contributed by atoms with van der Waals surface area (Å²) in [5, 5.41) is 0. The fourth-order valence-corrected chi connectivity index (χ4v) is 3.74. The Kier molecular flexibility index (Phi) is 4.99. The third-order valence-electron chi connectivity index (χ3n) is 5.00. The molecule has 2 aromatic heterocycles. The van der Waals surface area contributed by atoms with Crippen LogP contribution in [0.1, 0.15) is 34.1 Å². The lowest BCUT2D eigenvalue weighted by Gasteiger charge is -2.29. The Labute approximate surface area is 147 Å². The Morgan fingerprint density at radius 1 is 1.40 bits per heavy atom. The first kappa shape index (κ1) is 17.4. The number of pyridine rings is 2. The number of nitrogens with one attached hydrogen (secondary N) is 1. The smallest absolute Gasteiger partial charge is 0.255 e. The van der Waals surface area contributed by atoms with Crippen LogP contribution in [0.2, 0.25) is 0 Å². The summed E-state index contributed by atoms with van der Waals surface area (Å²) in [5.74, 6) is 0.291. The number of aryl methyl sites for hydroxylation is 1. The topological polar surface area (TPSA) is 69.3 Å². The van der Waals surface area contributed by atoms with Gasteiger partial charge in [0.15, 0.2) is 0 Å². The van der Waals surface area contributed by atoms with Crippen LogP contribution in [0.15, 0.2) is 41.5 Å². The van der Waals surface area contributed by atoms with Crippen molar-refractivity contribution in [3.63, 3.8) is 0 Å². The average molecular weight is 340 g/mol. The molecule has 0 saturated carbocycles. The summed E-state index contributed by atoms with van der Waals surface area (Å²) in [6, 6.07) is 7.32. The molecule has 2 aromatic rings. The molecule has 1 aliphatic rings. The lowest BCUT2D eigenvalue weighted by molar-refractivity contribution is 0.0759. The van der Waals surface area contributed by atoms with E-state index in [1.807, 2.05) is 19.3 Å². The Bertz CT molecular complexity index is 803. The highest BCUT2D eigenvalue weighted by atomic mass is 16.2. The van der Waals surface area contributed by atoms with E-state index in [4.69, 9.17) is 0 Å². The molecular weight excluding hydrogens is 316 g/mol. The molecule has 0 aromatic carbocycles. The number of nitrogens with zero attached hydrogens (tertiary/aromatic N) is 3. The fraction of sp³-hybridized carbons (Fsp3) is 0.421. The fourth-order valence-electron chi connectivity index (χ4n) is 3.74. The van der Waals surface area contributed by atoms with E-state index in [0.29, 0.717) is 23.7 Å². The molecule has 0 aliphatic carbocycles. The van der Waals surface area contributed by atoms with E-state index in [9.17, 15) is 9.59 Å². The lowest BCUT2D eigenvalue weighted by atomic mass is 9.94. The van der Waals surface area contributed by atoms with Crippen LogP contribution < -0.4 is 5.56 Å². The Morgan fingerprint density at radius 2 is 2.20 bits per heavy atom. The van der Waals surface area contributed by atoms with Gasteiger partial charge in [-0.3, -0.25) is 19.5 Å². The molecule has 132 valence electrons. The zero-order valence-electron chi connectivity index (χ0n) is 14.9. The predicted octanol–water partition coefficient (Wildman–Crippen LogP) is 1.84. The quantitative estimate of drug-likeness (QED) is 0.922. The van der Waals surface area contributed by atoms with Gasteiger partial charge in [0.05, 0.1) is 5.56 Å². The molecule has 25 heavy (non-hydrogen) atoms. The molecule has 1 N–H and O–H groups in total. The summed E-state index contributed by atoms with van der Waals surface area (Å²) in [6.07, 6.45) is 4.73. The molecule has 0 spiro atoms. The van der Waals surface area contributed by atoms with E-state index in [1.165, 1.54) is 11.6 Å². The second-order valence-corrected chi connectivity index (χ2v) is 6.81. The second kappa shape index (κ2) is 7.19. The van der Waals surface area contributed by atoms with Crippen molar-refractivity contribution in [1.82, 2.24) is 19.8 Å². The molecule has 1 fully saturated rings. The average Bonchev–Trinajstić information content (AvgIpc) is 2.95. The highest BCUT2D eigenvalue weighted by Gasteiger charge is 2.34. The largest absolute Gasteiger partial charge is 0.341 e. The summed E-state index contributed by atoms with van der Waals surface area (Å²) in [6.45, 7) is 3.43. The van der Waals surface area contributed by atoms with Gasteiger partial charge in [-0.1, -0.05) is 6.07 Å². The molecule has 0 unspecified atom stereocenters. The van der Waals surface area contributed by atoms with Crippen molar-refractivity contribution in [1.29, 1.82) is 0 Å². The first-order valence-corrected chi connectivity index (χ1v) is 8.53. The monoisotopic (exact) mass is 340 g/mol. The molecule has 3 heterocycles. The van der Waals surface area contributed by atoms with E-state index in [-0.39, 0.29) is 17.5 Å². The second-order valence-electron chi connectivity index (χ2n) is 6.81. The van der Waals surface area contributed by atoms with Crippen LogP contribution >= 0.6 is 0 Å². The van der Waals surface area contributed by atoms with Crippen molar-refractivity contribution in [3.8, 4) is 0 Å². The van der Waals surface area contributed by atoms with E-state index < -0.39 is 0 Å². The Morgan fingerprint density at radius 3 is 2.88 bits per heavy atom.